The van der Waals surface area contributed by atoms with Crippen molar-refractivity contribution in [3.63, 3.8) is 0 Å². The first-order valence-electron chi connectivity index (χ1n) is 11.1. The number of nitrogens with one attached hydrogen (secondary N) is 1. The molecule has 0 radical (unpaired) electrons. The summed E-state index contributed by atoms with van der Waals surface area (Å²) in [6.07, 6.45) is 3.61. The highest BCUT2D eigenvalue weighted by molar-refractivity contribution is 9.10. The Balaban J connectivity index is 1.62. The molecule has 1 fully saturated rings. The number of barbiturate groups is 1. The number of aryl methyl sites for hydroxylation is 1. The van der Waals surface area contributed by atoms with Crippen LogP contribution in [0.3, 0.4) is 0 Å². The lowest BCUT2D eigenvalue weighted by Gasteiger charge is -2.26. The fourth-order valence-corrected chi connectivity index (χ4v) is 4.01. The van der Waals surface area contributed by atoms with E-state index in [1.807, 2.05) is 6.92 Å². The fourth-order valence-electron chi connectivity index (χ4n) is 3.76. The smallest absolute Gasteiger partial charge is 0.335 e. The third kappa shape index (κ3) is 5.44. The molecule has 4 rings (SSSR count). The Labute approximate surface area is 216 Å². The summed E-state index contributed by atoms with van der Waals surface area (Å²) in [4.78, 5) is 39.2. The number of ether oxygens (including phenoxy) is 1. The van der Waals surface area contributed by atoms with Gasteiger partial charge in [0.05, 0.1) is 5.69 Å². The molecule has 0 unspecified atom stereocenters. The van der Waals surface area contributed by atoms with E-state index in [0.717, 1.165) is 20.5 Å². The third-order valence-corrected chi connectivity index (χ3v) is 6.43. The van der Waals surface area contributed by atoms with Crippen molar-refractivity contribution >= 4 is 45.5 Å². The minimum atomic E-state index is -0.808. The second-order valence-corrected chi connectivity index (χ2v) is 9.02. The number of carbonyl (C=O) groups excluding carboxylic acids is 3. The van der Waals surface area contributed by atoms with Crippen molar-refractivity contribution < 1.29 is 23.5 Å². The van der Waals surface area contributed by atoms with E-state index >= 15 is 0 Å². The molecule has 0 spiro atoms. The number of benzene rings is 3. The lowest BCUT2D eigenvalue weighted by Crippen LogP contribution is -2.54. The molecule has 1 aliphatic heterocycles. The SMILES string of the molecule is C=CCc1cc(/C=C2\C(=O)NC(=O)N(c3ccc(Br)c(C)c3)C2=O)ccc1OCc1cccc(F)c1. The Morgan fingerprint density at radius 3 is 2.61 bits per heavy atom. The normalized spacial score (nSPS) is 14.7. The van der Waals surface area contributed by atoms with E-state index in [9.17, 15) is 18.8 Å². The largest absolute Gasteiger partial charge is 0.489 e. The number of nitrogens with zero attached hydrogens (tertiary/aromatic N) is 1. The van der Waals surface area contributed by atoms with Crippen LogP contribution in [0.2, 0.25) is 0 Å². The summed E-state index contributed by atoms with van der Waals surface area (Å²) in [5.41, 5.74) is 3.04. The Bertz CT molecular complexity index is 1420. The second-order valence-electron chi connectivity index (χ2n) is 8.17. The zero-order chi connectivity index (χ0) is 25.8. The number of allylic oxidation sites excluding steroid dienone is 1. The first kappa shape index (κ1) is 25.1. The van der Waals surface area contributed by atoms with E-state index in [-0.39, 0.29) is 18.0 Å². The molecule has 6 nitrogen and oxygen atoms in total. The van der Waals surface area contributed by atoms with E-state index in [0.29, 0.717) is 29.0 Å². The third-order valence-electron chi connectivity index (χ3n) is 5.54. The fraction of sp³-hybridized carbons (Fsp3) is 0.107. The Morgan fingerprint density at radius 1 is 1.08 bits per heavy atom. The van der Waals surface area contributed by atoms with Gasteiger partial charge >= 0.3 is 6.03 Å². The molecule has 36 heavy (non-hydrogen) atoms. The van der Waals surface area contributed by atoms with Crippen molar-refractivity contribution in [1.29, 1.82) is 0 Å². The van der Waals surface area contributed by atoms with Crippen LogP contribution >= 0.6 is 15.9 Å². The van der Waals surface area contributed by atoms with E-state index in [2.05, 4.69) is 27.8 Å². The summed E-state index contributed by atoms with van der Waals surface area (Å²) in [7, 11) is 0. The average Bonchev–Trinajstić information content (AvgIpc) is 2.83. The predicted octanol–water partition coefficient (Wildman–Crippen LogP) is 5.87. The molecule has 0 bridgehead atoms. The maximum atomic E-state index is 13.5. The number of halogens is 2. The summed E-state index contributed by atoms with van der Waals surface area (Å²) >= 11 is 3.40. The first-order chi connectivity index (χ1) is 17.3. The molecule has 0 aromatic heterocycles. The Morgan fingerprint density at radius 2 is 1.89 bits per heavy atom. The van der Waals surface area contributed by atoms with Crippen LogP contribution in [-0.2, 0) is 22.6 Å². The molecule has 4 amide bonds. The van der Waals surface area contributed by atoms with E-state index < -0.39 is 17.8 Å². The number of urea groups is 1. The van der Waals surface area contributed by atoms with Gasteiger partial charge in [-0.25, -0.2) is 14.1 Å². The van der Waals surface area contributed by atoms with Crippen molar-refractivity contribution in [1.82, 2.24) is 5.32 Å². The minimum Gasteiger partial charge on any atom is -0.489 e. The van der Waals surface area contributed by atoms with Gasteiger partial charge in [0.15, 0.2) is 0 Å². The lowest BCUT2D eigenvalue weighted by atomic mass is 10.0. The topological polar surface area (TPSA) is 75.7 Å². The number of carbonyl (C=O) groups is 3. The van der Waals surface area contributed by atoms with Crippen LogP contribution in [-0.4, -0.2) is 17.8 Å². The molecule has 1 heterocycles. The molecule has 1 saturated heterocycles. The molecule has 1 N–H and O–H groups in total. The standard InChI is InChI=1S/C28H22BrFN2O4/c1-3-5-20-13-18(8-11-25(20)36-16-19-6-4-7-21(30)14-19)15-23-26(33)31-28(35)32(27(23)34)22-9-10-24(29)17(2)12-22/h3-4,6-15H,1,5,16H2,2H3,(H,31,33,35)/b23-15+. The van der Waals surface area contributed by atoms with Crippen molar-refractivity contribution in [3.8, 4) is 5.75 Å². The quantitative estimate of drug-likeness (QED) is 0.227. The Kier molecular flexibility index (Phi) is 7.45. The number of rotatable bonds is 7. The van der Waals surface area contributed by atoms with Gasteiger partial charge in [-0.05, 0) is 84.1 Å². The summed E-state index contributed by atoms with van der Waals surface area (Å²) in [6, 6.07) is 15.6. The van der Waals surface area contributed by atoms with Crippen molar-refractivity contribution in [2.75, 3.05) is 4.90 Å². The van der Waals surface area contributed by atoms with Gasteiger partial charge < -0.3 is 4.74 Å². The number of hydrogen-bond donors (Lipinski definition) is 1. The summed E-state index contributed by atoms with van der Waals surface area (Å²) in [6.45, 7) is 5.78. The second kappa shape index (κ2) is 10.7. The maximum absolute atomic E-state index is 13.5. The molecule has 0 atom stereocenters. The minimum absolute atomic E-state index is 0.173. The highest BCUT2D eigenvalue weighted by Gasteiger charge is 2.37. The molecule has 3 aromatic carbocycles. The van der Waals surface area contributed by atoms with Gasteiger partial charge in [-0.2, -0.15) is 0 Å². The van der Waals surface area contributed by atoms with E-state index in [1.165, 1.54) is 18.2 Å². The van der Waals surface area contributed by atoms with Crippen LogP contribution in [0.1, 0.15) is 22.3 Å². The number of hydrogen-bond acceptors (Lipinski definition) is 4. The van der Waals surface area contributed by atoms with Crippen LogP contribution in [0.5, 0.6) is 5.75 Å². The number of imide groups is 2. The molecule has 0 aliphatic carbocycles. The van der Waals surface area contributed by atoms with Gasteiger partial charge in [-0.1, -0.05) is 40.2 Å². The van der Waals surface area contributed by atoms with Gasteiger partial charge in [0, 0.05) is 4.47 Å². The number of anilines is 1. The first-order valence-corrected chi connectivity index (χ1v) is 11.8. The van der Waals surface area contributed by atoms with Crippen LogP contribution in [0, 0.1) is 12.7 Å². The molecular weight excluding hydrogens is 527 g/mol. The van der Waals surface area contributed by atoms with Crippen LogP contribution in [0.25, 0.3) is 6.08 Å². The highest BCUT2D eigenvalue weighted by atomic mass is 79.9. The monoisotopic (exact) mass is 548 g/mol. The van der Waals surface area contributed by atoms with Crippen LogP contribution < -0.4 is 15.0 Å². The molecular formula is C28H22BrFN2O4. The zero-order valence-corrected chi connectivity index (χ0v) is 21.0. The van der Waals surface area contributed by atoms with Gasteiger partial charge in [-0.3, -0.25) is 14.9 Å². The molecule has 182 valence electrons. The molecule has 8 heteroatoms. The van der Waals surface area contributed by atoms with Crippen LogP contribution in [0.4, 0.5) is 14.9 Å². The predicted molar refractivity (Wildman–Crippen MR) is 139 cm³/mol. The van der Waals surface area contributed by atoms with E-state index in [4.69, 9.17) is 4.74 Å². The van der Waals surface area contributed by atoms with E-state index in [1.54, 1.807) is 54.6 Å². The lowest BCUT2D eigenvalue weighted by molar-refractivity contribution is -0.122. The zero-order valence-electron chi connectivity index (χ0n) is 19.4. The summed E-state index contributed by atoms with van der Waals surface area (Å²) in [5, 5.41) is 2.23. The van der Waals surface area contributed by atoms with Gasteiger partial charge in [0.2, 0.25) is 0 Å². The van der Waals surface area contributed by atoms with Crippen molar-refractivity contribution in [2.24, 2.45) is 0 Å². The Hall–Kier alpha value is -4.04. The molecule has 1 aliphatic rings. The maximum Gasteiger partial charge on any atom is 0.335 e. The van der Waals surface area contributed by atoms with Gasteiger partial charge in [-0.15, -0.1) is 6.58 Å². The van der Waals surface area contributed by atoms with Crippen molar-refractivity contribution in [3.05, 3.63) is 111 Å². The molecule has 0 saturated carbocycles. The van der Waals surface area contributed by atoms with Gasteiger partial charge in [0.25, 0.3) is 11.8 Å². The number of amides is 4. The highest BCUT2D eigenvalue weighted by Crippen LogP contribution is 2.28. The summed E-state index contributed by atoms with van der Waals surface area (Å²) in [5.74, 6) is -1.26. The molecule has 3 aromatic rings. The van der Waals surface area contributed by atoms with Gasteiger partial charge in [0.1, 0.15) is 23.7 Å². The van der Waals surface area contributed by atoms with Crippen molar-refractivity contribution in [2.45, 2.75) is 20.0 Å². The van der Waals surface area contributed by atoms with Crippen LogP contribution in [0.15, 0.2) is 83.4 Å². The average molecular weight is 549 g/mol. The summed E-state index contributed by atoms with van der Waals surface area (Å²) < 4.78 is 20.2.